The molecule has 1 aromatic carbocycles. The molecule has 0 saturated carbocycles. The lowest BCUT2D eigenvalue weighted by Crippen LogP contribution is -2.51. The molecule has 1 saturated heterocycles. The number of carbonyl (C=O) groups excluding carboxylic acids is 1. The number of ether oxygens (including phenoxy) is 1. The normalized spacial score (nSPS) is 20.9. The van der Waals surface area contributed by atoms with Gasteiger partial charge >= 0.3 is 5.97 Å². The van der Waals surface area contributed by atoms with Crippen molar-refractivity contribution in [1.82, 2.24) is 4.90 Å². The van der Waals surface area contributed by atoms with Crippen LogP contribution in [0.25, 0.3) is 0 Å². The number of piperidine rings is 1. The van der Waals surface area contributed by atoms with Gasteiger partial charge in [0.2, 0.25) is 0 Å². The fourth-order valence-electron chi connectivity index (χ4n) is 3.06. The number of benzene rings is 1. The quantitative estimate of drug-likeness (QED) is 0.907. The van der Waals surface area contributed by atoms with Crippen molar-refractivity contribution in [3.63, 3.8) is 0 Å². The third-order valence-corrected chi connectivity index (χ3v) is 4.41. The average molecular weight is 310 g/mol. The number of hydrogen-bond donors (Lipinski definition) is 1. The molecule has 1 N–H and O–H groups in total. The maximum atomic E-state index is 12.3. The number of aliphatic carboxylic acids is 1. The van der Waals surface area contributed by atoms with Gasteiger partial charge in [-0.3, -0.25) is 14.5 Å². The number of hydrogen-bond acceptors (Lipinski definition) is 4. The predicted octanol–water partition coefficient (Wildman–Crippen LogP) is 2.22. The van der Waals surface area contributed by atoms with Crippen LogP contribution in [0.4, 0.5) is 0 Å². The minimum Gasteiger partial charge on any atom is -0.486 e. The highest BCUT2D eigenvalue weighted by Crippen LogP contribution is 2.40. The molecule has 6 heteroatoms. The number of halogens is 1. The van der Waals surface area contributed by atoms with E-state index in [9.17, 15) is 9.59 Å². The maximum absolute atomic E-state index is 12.3. The molecule has 0 aromatic heterocycles. The summed E-state index contributed by atoms with van der Waals surface area (Å²) in [5, 5.41) is 9.35. The molecule has 0 bridgehead atoms. The molecule has 5 nitrogen and oxygen atoms in total. The van der Waals surface area contributed by atoms with Gasteiger partial charge in [0, 0.05) is 31.0 Å². The van der Waals surface area contributed by atoms with E-state index in [0.29, 0.717) is 48.7 Å². The van der Waals surface area contributed by atoms with Crippen molar-refractivity contribution in [2.75, 3.05) is 19.6 Å². The fraction of sp³-hybridized carbons (Fsp3) is 0.467. The van der Waals surface area contributed by atoms with Gasteiger partial charge in [-0.05, 0) is 18.2 Å². The van der Waals surface area contributed by atoms with Gasteiger partial charge in [-0.2, -0.15) is 0 Å². The second kappa shape index (κ2) is 5.31. The van der Waals surface area contributed by atoms with Gasteiger partial charge in [0.05, 0.1) is 18.5 Å². The lowest BCUT2D eigenvalue weighted by atomic mass is 9.82. The first-order valence-electron chi connectivity index (χ1n) is 6.93. The summed E-state index contributed by atoms with van der Waals surface area (Å²) in [6.45, 7) is 1.29. The van der Waals surface area contributed by atoms with Crippen LogP contribution >= 0.6 is 11.6 Å². The van der Waals surface area contributed by atoms with E-state index in [1.54, 1.807) is 18.2 Å². The highest BCUT2D eigenvalue weighted by molar-refractivity contribution is 6.31. The molecule has 0 aliphatic carbocycles. The summed E-state index contributed by atoms with van der Waals surface area (Å²) in [5.74, 6) is -0.195. The predicted molar refractivity (Wildman–Crippen MR) is 77.1 cm³/mol. The summed E-state index contributed by atoms with van der Waals surface area (Å²) in [5.41, 5.74) is 0.0495. The van der Waals surface area contributed by atoms with Crippen molar-refractivity contribution < 1.29 is 19.4 Å². The molecule has 0 unspecified atom stereocenters. The van der Waals surface area contributed by atoms with E-state index >= 15 is 0 Å². The van der Waals surface area contributed by atoms with Crippen molar-refractivity contribution in [1.29, 1.82) is 0 Å². The number of carboxylic acid groups (broad SMARTS) is 1. The molecule has 2 aliphatic heterocycles. The van der Waals surface area contributed by atoms with Crippen LogP contribution in [0.5, 0.6) is 5.75 Å². The van der Waals surface area contributed by atoms with Gasteiger partial charge in [0.25, 0.3) is 0 Å². The Morgan fingerprint density at radius 2 is 2.10 bits per heavy atom. The molecule has 0 amide bonds. The van der Waals surface area contributed by atoms with E-state index in [-0.39, 0.29) is 12.3 Å². The lowest BCUT2D eigenvalue weighted by Gasteiger charge is -2.43. The van der Waals surface area contributed by atoms with Crippen LogP contribution < -0.4 is 4.74 Å². The zero-order valence-electron chi connectivity index (χ0n) is 11.5. The van der Waals surface area contributed by atoms with Crippen LogP contribution in [0.15, 0.2) is 18.2 Å². The molecular weight excluding hydrogens is 294 g/mol. The molecule has 1 aromatic rings. The van der Waals surface area contributed by atoms with Gasteiger partial charge in [0.15, 0.2) is 5.78 Å². The minimum atomic E-state index is -0.827. The number of fused-ring (bicyclic) bond motifs is 1. The van der Waals surface area contributed by atoms with E-state index in [0.717, 1.165) is 0 Å². The Balaban J connectivity index is 1.76. The van der Waals surface area contributed by atoms with Crippen LogP contribution in [0.3, 0.4) is 0 Å². The Morgan fingerprint density at radius 3 is 2.76 bits per heavy atom. The molecule has 1 spiro atoms. The second-order valence-corrected chi connectivity index (χ2v) is 6.13. The largest absolute Gasteiger partial charge is 0.486 e. The Morgan fingerprint density at radius 1 is 1.38 bits per heavy atom. The summed E-state index contributed by atoms with van der Waals surface area (Å²) < 4.78 is 6.09. The van der Waals surface area contributed by atoms with E-state index < -0.39 is 11.6 Å². The first kappa shape index (κ1) is 14.4. The molecule has 0 atom stereocenters. The number of rotatable bonds is 2. The maximum Gasteiger partial charge on any atom is 0.317 e. The highest BCUT2D eigenvalue weighted by atomic mass is 35.5. The highest BCUT2D eigenvalue weighted by Gasteiger charge is 2.43. The molecule has 1 fully saturated rings. The zero-order valence-corrected chi connectivity index (χ0v) is 12.2. The number of carbonyl (C=O) groups is 2. The molecular formula is C15H16ClNO4. The van der Waals surface area contributed by atoms with Gasteiger partial charge in [-0.15, -0.1) is 0 Å². The summed E-state index contributed by atoms with van der Waals surface area (Å²) in [4.78, 5) is 24.9. The Hall–Kier alpha value is -1.59. The van der Waals surface area contributed by atoms with Crippen LogP contribution in [0, 0.1) is 0 Å². The summed E-state index contributed by atoms with van der Waals surface area (Å²) >= 11 is 5.92. The standard InChI is InChI=1S/C15H16ClNO4/c16-10-1-2-13-11(7-10)12(18)8-15(21-13)3-5-17(6-4-15)9-14(19)20/h1-2,7H,3-6,8-9H2,(H,19,20). The topological polar surface area (TPSA) is 66.8 Å². The average Bonchev–Trinajstić information content (AvgIpc) is 2.42. The number of likely N-dealkylation sites (tertiary alicyclic amines) is 1. The minimum absolute atomic E-state index is 0.0379. The second-order valence-electron chi connectivity index (χ2n) is 5.70. The van der Waals surface area contributed by atoms with Gasteiger partial charge in [-0.25, -0.2) is 0 Å². The third-order valence-electron chi connectivity index (χ3n) is 4.18. The van der Waals surface area contributed by atoms with Crippen LogP contribution in [0.2, 0.25) is 5.02 Å². The number of nitrogens with zero attached hydrogens (tertiary/aromatic N) is 1. The molecule has 3 rings (SSSR count). The van der Waals surface area contributed by atoms with Crippen LogP contribution in [0.1, 0.15) is 29.6 Å². The monoisotopic (exact) mass is 309 g/mol. The Bertz CT molecular complexity index is 593. The smallest absolute Gasteiger partial charge is 0.317 e. The zero-order chi connectivity index (χ0) is 15.0. The first-order chi connectivity index (χ1) is 9.97. The van der Waals surface area contributed by atoms with E-state index in [2.05, 4.69) is 0 Å². The van der Waals surface area contributed by atoms with Crippen molar-refractivity contribution in [3.05, 3.63) is 28.8 Å². The fourth-order valence-corrected chi connectivity index (χ4v) is 3.23. The van der Waals surface area contributed by atoms with E-state index in [4.69, 9.17) is 21.4 Å². The Kier molecular flexibility index (Phi) is 3.63. The molecule has 0 radical (unpaired) electrons. The van der Waals surface area contributed by atoms with Crippen molar-refractivity contribution in [3.8, 4) is 5.75 Å². The van der Waals surface area contributed by atoms with E-state index in [1.165, 1.54) is 0 Å². The Labute approximate surface area is 127 Å². The first-order valence-corrected chi connectivity index (χ1v) is 7.31. The third kappa shape index (κ3) is 2.89. The van der Waals surface area contributed by atoms with Crippen molar-refractivity contribution >= 4 is 23.4 Å². The summed E-state index contributed by atoms with van der Waals surface area (Å²) in [6.07, 6.45) is 1.66. The van der Waals surface area contributed by atoms with E-state index in [1.807, 2.05) is 4.90 Å². The van der Waals surface area contributed by atoms with Crippen LogP contribution in [-0.2, 0) is 4.79 Å². The summed E-state index contributed by atoms with van der Waals surface area (Å²) in [6, 6.07) is 5.10. The number of ketones is 1. The molecule has 112 valence electrons. The van der Waals surface area contributed by atoms with Gasteiger partial charge < -0.3 is 9.84 Å². The van der Waals surface area contributed by atoms with Crippen LogP contribution in [-0.4, -0.2) is 47.0 Å². The number of Topliss-reactive ketones (excluding diaryl/α,β-unsaturated/α-hetero) is 1. The van der Waals surface area contributed by atoms with Gasteiger partial charge in [0.1, 0.15) is 11.4 Å². The summed E-state index contributed by atoms with van der Waals surface area (Å²) in [7, 11) is 0. The SMILES string of the molecule is O=C(O)CN1CCC2(CC1)CC(=O)c1cc(Cl)ccc1O2. The molecule has 2 aliphatic rings. The molecule has 2 heterocycles. The lowest BCUT2D eigenvalue weighted by molar-refractivity contribution is -0.139. The van der Waals surface area contributed by atoms with Gasteiger partial charge in [-0.1, -0.05) is 11.6 Å². The van der Waals surface area contributed by atoms with Crippen molar-refractivity contribution in [2.45, 2.75) is 24.9 Å². The van der Waals surface area contributed by atoms with Crippen molar-refractivity contribution in [2.24, 2.45) is 0 Å². The molecule has 21 heavy (non-hydrogen) atoms. The number of carboxylic acids is 1.